The summed E-state index contributed by atoms with van der Waals surface area (Å²) in [5, 5.41) is 0. The summed E-state index contributed by atoms with van der Waals surface area (Å²) in [7, 11) is 0. The van der Waals surface area contributed by atoms with Crippen LogP contribution in [0.3, 0.4) is 0 Å². The van der Waals surface area contributed by atoms with Gasteiger partial charge in [-0.15, -0.1) is 0 Å². The van der Waals surface area contributed by atoms with Gasteiger partial charge in [-0.2, -0.15) is 0 Å². The molecule has 0 N–H and O–H groups in total. The number of likely N-dealkylation sites (tertiary alicyclic amines) is 1. The molecule has 0 unspecified atom stereocenters. The maximum Gasteiger partial charge on any atom is 0.129 e. The minimum atomic E-state index is -0.502. The van der Waals surface area contributed by atoms with Gasteiger partial charge in [0.25, 0.3) is 0 Å². The normalized spacial score (nSPS) is 18.2. The Labute approximate surface area is 82.3 Å². The fourth-order valence-electron chi connectivity index (χ4n) is 1.86. The van der Waals surface area contributed by atoms with Crippen LogP contribution in [0.15, 0.2) is 18.2 Å². The Morgan fingerprint density at radius 1 is 1.36 bits per heavy atom. The Balaban J connectivity index is 2.11. The number of likely N-dealkylation sites (N-methyl/N-ethyl adjacent to an activating group) is 1. The monoisotopic (exact) mass is 197 g/mol. The average Bonchev–Trinajstić information content (AvgIpc) is 2.06. The van der Waals surface area contributed by atoms with Crippen molar-refractivity contribution in [1.29, 1.82) is 0 Å². The highest BCUT2D eigenvalue weighted by Crippen LogP contribution is 2.28. The molecule has 1 aromatic carbocycles. The van der Waals surface area contributed by atoms with Crippen LogP contribution in [-0.2, 0) is 0 Å². The minimum absolute atomic E-state index is 0.246. The highest BCUT2D eigenvalue weighted by atomic mass is 19.1. The molecule has 1 nitrogen and oxygen atoms in total. The van der Waals surface area contributed by atoms with Crippen LogP contribution in [0.4, 0.5) is 8.78 Å². The maximum atomic E-state index is 13.3. The van der Waals surface area contributed by atoms with Gasteiger partial charge in [0, 0.05) is 25.1 Å². The van der Waals surface area contributed by atoms with Crippen LogP contribution < -0.4 is 0 Å². The molecule has 1 fully saturated rings. The molecule has 1 aliphatic heterocycles. The molecule has 0 aromatic heterocycles. The van der Waals surface area contributed by atoms with Gasteiger partial charge < -0.3 is 4.90 Å². The van der Waals surface area contributed by atoms with E-state index in [1.165, 1.54) is 6.07 Å². The summed E-state index contributed by atoms with van der Waals surface area (Å²) in [5.41, 5.74) is 0.649. The Hall–Kier alpha value is -0.960. The number of halogens is 2. The van der Waals surface area contributed by atoms with Crippen LogP contribution in [0.1, 0.15) is 18.4 Å². The molecule has 0 saturated carbocycles. The summed E-state index contributed by atoms with van der Waals surface area (Å²) >= 11 is 0. The SMILES string of the molecule is CCN1CC(c2ccc(F)cc2F)C1. The lowest BCUT2D eigenvalue weighted by atomic mass is 9.91. The van der Waals surface area contributed by atoms with E-state index in [2.05, 4.69) is 11.8 Å². The number of benzene rings is 1. The van der Waals surface area contributed by atoms with Gasteiger partial charge in [0.2, 0.25) is 0 Å². The van der Waals surface area contributed by atoms with E-state index in [0.29, 0.717) is 5.56 Å². The van der Waals surface area contributed by atoms with Gasteiger partial charge >= 0.3 is 0 Å². The van der Waals surface area contributed by atoms with Crippen LogP contribution in [0.5, 0.6) is 0 Å². The zero-order chi connectivity index (χ0) is 10.1. The second kappa shape index (κ2) is 3.65. The molecule has 0 aliphatic carbocycles. The van der Waals surface area contributed by atoms with Crippen molar-refractivity contribution < 1.29 is 8.78 Å². The van der Waals surface area contributed by atoms with Crippen molar-refractivity contribution in [3.8, 4) is 0 Å². The van der Waals surface area contributed by atoms with Crippen molar-refractivity contribution in [3.63, 3.8) is 0 Å². The molecular weight excluding hydrogens is 184 g/mol. The molecular formula is C11H13F2N. The van der Waals surface area contributed by atoms with Crippen molar-refractivity contribution in [2.75, 3.05) is 19.6 Å². The van der Waals surface area contributed by atoms with E-state index < -0.39 is 11.6 Å². The predicted octanol–water partition coefficient (Wildman–Crippen LogP) is 2.38. The molecule has 1 aliphatic rings. The largest absolute Gasteiger partial charge is 0.302 e. The number of nitrogens with zero attached hydrogens (tertiary/aromatic N) is 1. The van der Waals surface area contributed by atoms with Gasteiger partial charge in [-0.3, -0.25) is 0 Å². The van der Waals surface area contributed by atoms with Gasteiger partial charge in [0.05, 0.1) is 0 Å². The van der Waals surface area contributed by atoms with E-state index in [1.54, 1.807) is 6.07 Å². The minimum Gasteiger partial charge on any atom is -0.302 e. The van der Waals surface area contributed by atoms with Crippen molar-refractivity contribution in [3.05, 3.63) is 35.4 Å². The summed E-state index contributed by atoms with van der Waals surface area (Å²) in [4.78, 5) is 2.23. The van der Waals surface area contributed by atoms with Crippen molar-refractivity contribution >= 4 is 0 Å². The van der Waals surface area contributed by atoms with Crippen molar-refractivity contribution in [2.24, 2.45) is 0 Å². The lowest BCUT2D eigenvalue weighted by molar-refractivity contribution is 0.155. The number of rotatable bonds is 2. The third-order valence-electron chi connectivity index (χ3n) is 2.81. The first-order valence-corrected chi connectivity index (χ1v) is 4.88. The van der Waals surface area contributed by atoms with E-state index in [0.717, 1.165) is 25.7 Å². The van der Waals surface area contributed by atoms with Gasteiger partial charge in [-0.05, 0) is 18.2 Å². The maximum absolute atomic E-state index is 13.3. The first-order valence-electron chi connectivity index (χ1n) is 4.88. The first kappa shape index (κ1) is 9.59. The summed E-state index contributed by atoms with van der Waals surface area (Å²) in [6.45, 7) is 4.86. The summed E-state index contributed by atoms with van der Waals surface area (Å²) in [5.74, 6) is -0.667. The zero-order valence-electron chi connectivity index (χ0n) is 8.13. The van der Waals surface area contributed by atoms with E-state index in [4.69, 9.17) is 0 Å². The van der Waals surface area contributed by atoms with Gasteiger partial charge in [-0.1, -0.05) is 13.0 Å². The standard InChI is InChI=1S/C11H13F2N/c1-2-14-6-8(7-14)10-4-3-9(12)5-11(10)13/h3-5,8H,2,6-7H2,1H3. The molecule has 0 radical (unpaired) electrons. The predicted molar refractivity (Wildman–Crippen MR) is 51.2 cm³/mol. The Kier molecular flexibility index (Phi) is 2.50. The van der Waals surface area contributed by atoms with Gasteiger partial charge in [0.15, 0.2) is 0 Å². The van der Waals surface area contributed by atoms with E-state index >= 15 is 0 Å². The molecule has 0 amide bonds. The fourth-order valence-corrected chi connectivity index (χ4v) is 1.86. The third kappa shape index (κ3) is 1.64. The Morgan fingerprint density at radius 2 is 2.07 bits per heavy atom. The molecule has 3 heteroatoms. The highest BCUT2D eigenvalue weighted by Gasteiger charge is 2.28. The Bertz CT molecular complexity index is 332. The van der Waals surface area contributed by atoms with Crippen LogP contribution in [0, 0.1) is 11.6 Å². The molecule has 0 atom stereocenters. The molecule has 1 heterocycles. The summed E-state index contributed by atoms with van der Waals surface area (Å²) in [6, 6.07) is 3.85. The summed E-state index contributed by atoms with van der Waals surface area (Å²) in [6.07, 6.45) is 0. The molecule has 2 rings (SSSR count). The molecule has 14 heavy (non-hydrogen) atoms. The smallest absolute Gasteiger partial charge is 0.129 e. The van der Waals surface area contributed by atoms with E-state index in [-0.39, 0.29) is 5.92 Å². The zero-order valence-corrected chi connectivity index (χ0v) is 8.13. The quantitative estimate of drug-likeness (QED) is 0.703. The molecule has 1 aromatic rings. The molecule has 76 valence electrons. The Morgan fingerprint density at radius 3 is 2.64 bits per heavy atom. The average molecular weight is 197 g/mol. The number of hydrogen-bond donors (Lipinski definition) is 0. The van der Waals surface area contributed by atoms with Crippen molar-refractivity contribution in [1.82, 2.24) is 4.90 Å². The topological polar surface area (TPSA) is 3.24 Å². The second-order valence-electron chi connectivity index (χ2n) is 3.71. The van der Waals surface area contributed by atoms with Crippen molar-refractivity contribution in [2.45, 2.75) is 12.8 Å². The van der Waals surface area contributed by atoms with Gasteiger partial charge in [-0.25, -0.2) is 8.78 Å². The van der Waals surface area contributed by atoms with Crippen LogP contribution >= 0.6 is 0 Å². The van der Waals surface area contributed by atoms with Gasteiger partial charge in [0.1, 0.15) is 11.6 Å². The van der Waals surface area contributed by atoms with Crippen LogP contribution in [0.25, 0.3) is 0 Å². The lowest BCUT2D eigenvalue weighted by Crippen LogP contribution is -2.44. The lowest BCUT2D eigenvalue weighted by Gasteiger charge is -2.38. The van der Waals surface area contributed by atoms with E-state index in [9.17, 15) is 8.78 Å². The molecule has 0 spiro atoms. The third-order valence-corrected chi connectivity index (χ3v) is 2.81. The van der Waals surface area contributed by atoms with Crippen LogP contribution in [-0.4, -0.2) is 24.5 Å². The molecule has 0 bridgehead atoms. The summed E-state index contributed by atoms with van der Waals surface area (Å²) < 4.78 is 25.9. The van der Waals surface area contributed by atoms with E-state index in [1.807, 2.05) is 0 Å². The first-order chi connectivity index (χ1) is 6.70. The van der Waals surface area contributed by atoms with Crippen LogP contribution in [0.2, 0.25) is 0 Å². The molecule has 1 saturated heterocycles. The highest BCUT2D eigenvalue weighted by molar-refractivity contribution is 5.25. The fraction of sp³-hybridized carbons (Fsp3) is 0.455. The second-order valence-corrected chi connectivity index (χ2v) is 3.71. The number of hydrogen-bond acceptors (Lipinski definition) is 1.